The average molecular weight is 388 g/mol. The Balaban J connectivity index is 1.64. The lowest BCUT2D eigenvalue weighted by Crippen LogP contribution is -2.29. The van der Waals surface area contributed by atoms with E-state index in [0.29, 0.717) is 37.2 Å². The Morgan fingerprint density at radius 3 is 2.41 bits per heavy atom. The largest absolute Gasteiger partial charge is 0.396 e. The van der Waals surface area contributed by atoms with E-state index in [0.717, 1.165) is 5.56 Å². The normalized spacial score (nSPS) is 16.9. The molecule has 1 unspecified atom stereocenters. The number of hydrogen-bond acceptors (Lipinski definition) is 4. The summed E-state index contributed by atoms with van der Waals surface area (Å²) in [5.41, 5.74) is 2.14. The summed E-state index contributed by atoms with van der Waals surface area (Å²) < 4.78 is 25.4. The van der Waals surface area contributed by atoms with E-state index in [1.165, 1.54) is 4.31 Å². The summed E-state index contributed by atoms with van der Waals surface area (Å²) in [7, 11) is -3.22. The molecule has 3 rings (SSSR count). The van der Waals surface area contributed by atoms with Gasteiger partial charge < -0.3 is 10.4 Å². The fourth-order valence-electron chi connectivity index (χ4n) is 3.29. The molecule has 0 aliphatic carbocycles. The highest BCUT2D eigenvalue weighted by Gasteiger charge is 2.28. The van der Waals surface area contributed by atoms with Crippen LogP contribution in [-0.2, 0) is 10.0 Å². The Labute approximate surface area is 159 Å². The van der Waals surface area contributed by atoms with E-state index < -0.39 is 10.0 Å². The van der Waals surface area contributed by atoms with Gasteiger partial charge in [0.2, 0.25) is 10.0 Å². The van der Waals surface area contributed by atoms with Crippen molar-refractivity contribution in [2.45, 2.75) is 18.8 Å². The molecule has 1 amide bonds. The van der Waals surface area contributed by atoms with Gasteiger partial charge in [-0.3, -0.25) is 9.10 Å². The smallest absolute Gasteiger partial charge is 0.251 e. The minimum absolute atomic E-state index is 0.0363. The summed E-state index contributed by atoms with van der Waals surface area (Å²) in [6.07, 6.45) is 1.19. The Bertz CT molecular complexity index is 867. The van der Waals surface area contributed by atoms with Crippen LogP contribution in [0.1, 0.15) is 34.7 Å². The summed E-state index contributed by atoms with van der Waals surface area (Å²) in [5, 5.41) is 12.2. The van der Waals surface area contributed by atoms with Crippen molar-refractivity contribution in [2.24, 2.45) is 0 Å². The lowest BCUT2D eigenvalue weighted by molar-refractivity contribution is 0.0949. The van der Waals surface area contributed by atoms with E-state index in [4.69, 9.17) is 0 Å². The van der Waals surface area contributed by atoms with Gasteiger partial charge in [0.15, 0.2) is 0 Å². The number of rotatable bonds is 7. The maximum Gasteiger partial charge on any atom is 0.251 e. The summed E-state index contributed by atoms with van der Waals surface area (Å²) in [6.45, 7) is 0.952. The molecular weight excluding hydrogens is 364 g/mol. The highest BCUT2D eigenvalue weighted by molar-refractivity contribution is 7.93. The summed E-state index contributed by atoms with van der Waals surface area (Å²) in [5.74, 6) is -0.0140. The molecule has 27 heavy (non-hydrogen) atoms. The second-order valence-corrected chi connectivity index (χ2v) is 8.63. The van der Waals surface area contributed by atoms with E-state index >= 15 is 0 Å². The number of nitrogens with one attached hydrogen (secondary N) is 1. The molecular formula is C20H24N2O4S. The summed E-state index contributed by atoms with van der Waals surface area (Å²) in [6, 6.07) is 16.4. The maximum absolute atomic E-state index is 12.4. The van der Waals surface area contributed by atoms with E-state index in [1.807, 2.05) is 30.3 Å². The highest BCUT2D eigenvalue weighted by atomic mass is 32.2. The molecule has 6 nitrogen and oxygen atoms in total. The predicted molar refractivity (Wildman–Crippen MR) is 105 cm³/mol. The van der Waals surface area contributed by atoms with Gasteiger partial charge in [-0.1, -0.05) is 30.3 Å². The predicted octanol–water partition coefficient (Wildman–Crippen LogP) is 2.12. The number of carbonyl (C=O) groups excluding carboxylic acids is 1. The van der Waals surface area contributed by atoms with Crippen LogP contribution >= 0.6 is 0 Å². The van der Waals surface area contributed by atoms with Crippen molar-refractivity contribution in [1.82, 2.24) is 5.32 Å². The van der Waals surface area contributed by atoms with Gasteiger partial charge in [-0.25, -0.2) is 8.42 Å². The van der Waals surface area contributed by atoms with E-state index in [-0.39, 0.29) is 24.2 Å². The zero-order chi connectivity index (χ0) is 19.3. The maximum atomic E-state index is 12.4. The van der Waals surface area contributed by atoms with Crippen LogP contribution in [0.4, 0.5) is 5.69 Å². The molecule has 1 aliphatic heterocycles. The molecule has 7 heteroatoms. The third-order valence-corrected chi connectivity index (χ3v) is 6.64. The van der Waals surface area contributed by atoms with Crippen LogP contribution in [0.2, 0.25) is 0 Å². The first-order valence-electron chi connectivity index (χ1n) is 9.06. The van der Waals surface area contributed by atoms with Crippen LogP contribution in [0.3, 0.4) is 0 Å². The van der Waals surface area contributed by atoms with Crippen molar-refractivity contribution < 1.29 is 18.3 Å². The number of hydrogen-bond donors (Lipinski definition) is 2. The molecule has 144 valence electrons. The molecule has 1 fully saturated rings. The number of sulfonamides is 1. The lowest BCUT2D eigenvalue weighted by atomic mass is 9.96. The number of amides is 1. The van der Waals surface area contributed by atoms with E-state index in [9.17, 15) is 18.3 Å². The third kappa shape index (κ3) is 4.67. The van der Waals surface area contributed by atoms with Gasteiger partial charge in [0.25, 0.3) is 5.91 Å². The number of nitrogens with zero attached hydrogens (tertiary/aromatic N) is 1. The van der Waals surface area contributed by atoms with Gasteiger partial charge >= 0.3 is 0 Å². The number of anilines is 1. The molecule has 1 aliphatic rings. The Hall–Kier alpha value is -2.38. The summed E-state index contributed by atoms with van der Waals surface area (Å²) >= 11 is 0. The van der Waals surface area contributed by atoms with Gasteiger partial charge in [0.05, 0.1) is 11.4 Å². The van der Waals surface area contributed by atoms with Crippen LogP contribution < -0.4 is 9.62 Å². The fraction of sp³-hybridized carbons (Fsp3) is 0.350. The molecule has 0 saturated carbocycles. The lowest BCUT2D eigenvalue weighted by Gasteiger charge is -2.18. The molecule has 0 radical (unpaired) electrons. The van der Waals surface area contributed by atoms with E-state index in [1.54, 1.807) is 24.3 Å². The topological polar surface area (TPSA) is 86.7 Å². The Kier molecular flexibility index (Phi) is 6.13. The van der Waals surface area contributed by atoms with Gasteiger partial charge in [0, 0.05) is 31.2 Å². The van der Waals surface area contributed by atoms with Crippen LogP contribution in [-0.4, -0.2) is 44.9 Å². The SMILES string of the molecule is O=C(NCC(CCO)c1ccccc1)c1ccc(N2CCCS2(=O)=O)cc1. The second-order valence-electron chi connectivity index (χ2n) is 6.62. The quantitative estimate of drug-likeness (QED) is 0.761. The number of benzene rings is 2. The van der Waals surface area contributed by atoms with Gasteiger partial charge in [-0.15, -0.1) is 0 Å². The van der Waals surface area contributed by atoms with Crippen molar-refractivity contribution >= 4 is 21.6 Å². The number of carbonyl (C=O) groups is 1. The van der Waals surface area contributed by atoms with Crippen LogP contribution in [0, 0.1) is 0 Å². The van der Waals surface area contributed by atoms with Crippen molar-refractivity contribution in [3.8, 4) is 0 Å². The van der Waals surface area contributed by atoms with Crippen LogP contribution in [0.25, 0.3) is 0 Å². The average Bonchev–Trinajstić information content (AvgIpc) is 3.04. The van der Waals surface area contributed by atoms with Gasteiger partial charge in [-0.05, 0) is 42.7 Å². The summed E-state index contributed by atoms with van der Waals surface area (Å²) in [4.78, 5) is 12.4. The molecule has 2 aromatic carbocycles. The fourth-order valence-corrected chi connectivity index (χ4v) is 4.86. The first kappa shape index (κ1) is 19.4. The molecule has 2 aromatic rings. The van der Waals surface area contributed by atoms with Crippen molar-refractivity contribution in [3.63, 3.8) is 0 Å². The Morgan fingerprint density at radius 1 is 1.11 bits per heavy atom. The molecule has 0 spiro atoms. The standard InChI is InChI=1S/C20H24N2O4S/c23-13-11-18(16-5-2-1-3-6-16)15-21-20(24)17-7-9-19(10-8-17)22-12-4-14-27(22,25)26/h1-3,5-10,18,23H,4,11-15H2,(H,21,24). The molecule has 2 N–H and O–H groups in total. The van der Waals surface area contributed by atoms with Crippen molar-refractivity contribution in [3.05, 3.63) is 65.7 Å². The zero-order valence-corrected chi connectivity index (χ0v) is 15.9. The van der Waals surface area contributed by atoms with Crippen LogP contribution in [0.15, 0.2) is 54.6 Å². The highest BCUT2D eigenvalue weighted by Crippen LogP contribution is 2.24. The third-order valence-electron chi connectivity index (χ3n) is 4.77. The van der Waals surface area contributed by atoms with Crippen molar-refractivity contribution in [1.29, 1.82) is 0 Å². The van der Waals surface area contributed by atoms with Crippen molar-refractivity contribution in [2.75, 3.05) is 29.8 Å². The van der Waals surface area contributed by atoms with Gasteiger partial charge in [-0.2, -0.15) is 0 Å². The van der Waals surface area contributed by atoms with Crippen LogP contribution in [0.5, 0.6) is 0 Å². The van der Waals surface area contributed by atoms with E-state index in [2.05, 4.69) is 5.32 Å². The number of aliphatic hydroxyl groups is 1. The number of aliphatic hydroxyl groups excluding tert-OH is 1. The second kappa shape index (κ2) is 8.54. The molecule has 1 saturated heterocycles. The molecule has 1 heterocycles. The molecule has 1 atom stereocenters. The first-order valence-corrected chi connectivity index (χ1v) is 10.7. The molecule has 0 bridgehead atoms. The Morgan fingerprint density at radius 2 is 1.81 bits per heavy atom. The monoisotopic (exact) mass is 388 g/mol. The van der Waals surface area contributed by atoms with Gasteiger partial charge in [0.1, 0.15) is 0 Å². The minimum Gasteiger partial charge on any atom is -0.396 e. The first-order chi connectivity index (χ1) is 13.0. The zero-order valence-electron chi connectivity index (χ0n) is 15.0. The minimum atomic E-state index is -3.22. The molecule has 0 aromatic heterocycles.